The summed E-state index contributed by atoms with van der Waals surface area (Å²) < 4.78 is 0. The zero-order chi connectivity index (χ0) is 18.1. The lowest BCUT2D eigenvalue weighted by Crippen LogP contribution is -2.32. The number of piperidine rings is 1. The third kappa shape index (κ3) is 7.26. The molecule has 1 saturated heterocycles. The van der Waals surface area contributed by atoms with E-state index in [0.717, 1.165) is 37.2 Å². The molecule has 1 aromatic rings. The number of nitrogens with zero attached hydrogens (tertiary/aromatic N) is 1. The van der Waals surface area contributed by atoms with Crippen LogP contribution in [0.3, 0.4) is 0 Å². The van der Waals surface area contributed by atoms with Crippen molar-refractivity contribution in [2.24, 2.45) is 5.92 Å². The van der Waals surface area contributed by atoms with Gasteiger partial charge in [-0.3, -0.25) is 9.59 Å². The van der Waals surface area contributed by atoms with Crippen molar-refractivity contribution in [3.8, 4) is 0 Å². The number of nitrogens with one attached hydrogen (secondary N) is 2. The zero-order valence-corrected chi connectivity index (χ0v) is 15.5. The van der Waals surface area contributed by atoms with Crippen LogP contribution in [0, 0.1) is 5.92 Å². The van der Waals surface area contributed by atoms with E-state index in [1.54, 1.807) is 0 Å². The summed E-state index contributed by atoms with van der Waals surface area (Å²) in [6.07, 6.45) is 6.42. The zero-order valence-electron chi connectivity index (χ0n) is 15.5. The average molecular weight is 345 g/mol. The number of amides is 2. The van der Waals surface area contributed by atoms with Gasteiger partial charge in [0.1, 0.15) is 0 Å². The van der Waals surface area contributed by atoms with Crippen LogP contribution in [-0.4, -0.2) is 36.9 Å². The lowest BCUT2D eigenvalue weighted by Gasteiger charge is -2.29. The van der Waals surface area contributed by atoms with Gasteiger partial charge in [-0.1, -0.05) is 13.3 Å². The average Bonchev–Trinajstić information content (AvgIpc) is 2.60. The van der Waals surface area contributed by atoms with Crippen molar-refractivity contribution in [1.29, 1.82) is 0 Å². The Labute approximate surface area is 151 Å². The molecule has 2 amide bonds. The molecule has 0 bridgehead atoms. The lowest BCUT2D eigenvalue weighted by atomic mass is 9.93. The van der Waals surface area contributed by atoms with Crippen LogP contribution in [0.25, 0.3) is 0 Å². The Balaban J connectivity index is 1.72. The van der Waals surface area contributed by atoms with Gasteiger partial charge < -0.3 is 15.5 Å². The number of carbonyl (C=O) groups excluding carboxylic acids is 2. The summed E-state index contributed by atoms with van der Waals surface area (Å²) in [5.41, 5.74) is 1.54. The van der Waals surface area contributed by atoms with E-state index in [0.29, 0.717) is 18.8 Å². The van der Waals surface area contributed by atoms with Gasteiger partial charge in [-0.05, 0) is 69.5 Å². The van der Waals surface area contributed by atoms with Crippen LogP contribution in [0.4, 0.5) is 11.4 Å². The standard InChI is InChI=1S/C20H31N3O2/c1-3-4-7-19(24)21-17-9-11-18(12-10-17)22-20(25)13-8-16-6-5-14-23(2)15-16/h9-12,16H,3-8,13-15H2,1-2H3,(H,21,24)(H,22,25)/t16-/m0/s1. The molecule has 0 unspecified atom stereocenters. The maximum absolute atomic E-state index is 12.1. The van der Waals surface area contributed by atoms with Gasteiger partial charge in [0, 0.05) is 30.8 Å². The molecule has 2 N–H and O–H groups in total. The highest BCUT2D eigenvalue weighted by atomic mass is 16.2. The van der Waals surface area contributed by atoms with Crippen LogP contribution in [-0.2, 0) is 9.59 Å². The van der Waals surface area contributed by atoms with Gasteiger partial charge in [0.2, 0.25) is 11.8 Å². The van der Waals surface area contributed by atoms with Crippen LogP contribution in [0.15, 0.2) is 24.3 Å². The topological polar surface area (TPSA) is 61.4 Å². The molecule has 0 saturated carbocycles. The minimum Gasteiger partial charge on any atom is -0.326 e. The highest BCUT2D eigenvalue weighted by Gasteiger charge is 2.18. The largest absolute Gasteiger partial charge is 0.326 e. The van der Waals surface area contributed by atoms with Crippen molar-refractivity contribution in [2.75, 3.05) is 30.8 Å². The normalized spacial score (nSPS) is 17.9. The van der Waals surface area contributed by atoms with Crippen molar-refractivity contribution in [3.05, 3.63) is 24.3 Å². The van der Waals surface area contributed by atoms with Crippen LogP contribution < -0.4 is 10.6 Å². The first-order valence-corrected chi connectivity index (χ1v) is 9.45. The fourth-order valence-electron chi connectivity index (χ4n) is 3.27. The molecule has 25 heavy (non-hydrogen) atoms. The summed E-state index contributed by atoms with van der Waals surface area (Å²) in [6.45, 7) is 4.33. The van der Waals surface area contributed by atoms with Crippen molar-refractivity contribution in [2.45, 2.75) is 51.9 Å². The van der Waals surface area contributed by atoms with Crippen LogP contribution in [0.1, 0.15) is 51.9 Å². The SMILES string of the molecule is CCCCC(=O)Nc1ccc(NC(=O)CC[C@@H]2CCCN(C)C2)cc1. The van der Waals surface area contributed by atoms with E-state index >= 15 is 0 Å². The Morgan fingerprint density at radius 2 is 1.68 bits per heavy atom. The molecule has 1 heterocycles. The molecule has 0 spiro atoms. The van der Waals surface area contributed by atoms with E-state index in [-0.39, 0.29) is 11.8 Å². The number of likely N-dealkylation sites (tertiary alicyclic amines) is 1. The second kappa shape index (κ2) is 10.2. The first-order chi connectivity index (χ1) is 12.1. The fourth-order valence-corrected chi connectivity index (χ4v) is 3.27. The van der Waals surface area contributed by atoms with Gasteiger partial charge in [-0.15, -0.1) is 0 Å². The molecular formula is C20H31N3O2. The molecule has 2 rings (SSSR count). The van der Waals surface area contributed by atoms with Gasteiger partial charge in [-0.2, -0.15) is 0 Å². The van der Waals surface area contributed by atoms with E-state index in [1.807, 2.05) is 24.3 Å². The highest BCUT2D eigenvalue weighted by Crippen LogP contribution is 2.20. The number of anilines is 2. The maximum atomic E-state index is 12.1. The van der Waals surface area contributed by atoms with Gasteiger partial charge in [0.25, 0.3) is 0 Å². The highest BCUT2D eigenvalue weighted by molar-refractivity contribution is 5.92. The number of hydrogen-bond donors (Lipinski definition) is 2. The van der Waals surface area contributed by atoms with Crippen molar-refractivity contribution < 1.29 is 9.59 Å². The summed E-state index contributed by atoms with van der Waals surface area (Å²) in [4.78, 5) is 26.2. The summed E-state index contributed by atoms with van der Waals surface area (Å²) >= 11 is 0. The summed E-state index contributed by atoms with van der Waals surface area (Å²) in [5.74, 6) is 0.731. The van der Waals surface area contributed by atoms with Crippen LogP contribution in [0.2, 0.25) is 0 Å². The number of rotatable bonds is 8. The van der Waals surface area contributed by atoms with Crippen LogP contribution >= 0.6 is 0 Å². The second-order valence-corrected chi connectivity index (χ2v) is 7.09. The summed E-state index contributed by atoms with van der Waals surface area (Å²) in [6, 6.07) is 7.33. The molecule has 1 fully saturated rings. The lowest BCUT2D eigenvalue weighted by molar-refractivity contribution is -0.117. The van der Waals surface area contributed by atoms with Gasteiger partial charge in [0.05, 0.1) is 0 Å². The number of unbranched alkanes of at least 4 members (excludes halogenated alkanes) is 1. The molecule has 1 aliphatic heterocycles. The fraction of sp³-hybridized carbons (Fsp3) is 0.600. The molecular weight excluding hydrogens is 314 g/mol. The molecule has 138 valence electrons. The monoisotopic (exact) mass is 345 g/mol. The van der Waals surface area contributed by atoms with Crippen molar-refractivity contribution in [1.82, 2.24) is 4.90 Å². The first-order valence-electron chi connectivity index (χ1n) is 9.45. The Morgan fingerprint density at radius 3 is 2.24 bits per heavy atom. The van der Waals surface area contributed by atoms with Gasteiger partial charge in [0.15, 0.2) is 0 Å². The predicted molar refractivity (Wildman–Crippen MR) is 103 cm³/mol. The minimum atomic E-state index is 0.0380. The molecule has 5 heteroatoms. The molecule has 1 atom stereocenters. The summed E-state index contributed by atoms with van der Waals surface area (Å²) in [7, 11) is 2.15. The molecule has 0 radical (unpaired) electrons. The second-order valence-electron chi connectivity index (χ2n) is 7.09. The summed E-state index contributed by atoms with van der Waals surface area (Å²) in [5, 5.41) is 5.82. The smallest absolute Gasteiger partial charge is 0.224 e. The third-order valence-electron chi connectivity index (χ3n) is 4.71. The third-order valence-corrected chi connectivity index (χ3v) is 4.71. The van der Waals surface area contributed by atoms with Crippen molar-refractivity contribution in [3.63, 3.8) is 0 Å². The Kier molecular flexibility index (Phi) is 7.92. The van der Waals surface area contributed by atoms with Crippen molar-refractivity contribution >= 4 is 23.2 Å². The van der Waals surface area contributed by atoms with E-state index in [1.165, 1.54) is 19.4 Å². The van der Waals surface area contributed by atoms with E-state index < -0.39 is 0 Å². The van der Waals surface area contributed by atoms with Gasteiger partial charge >= 0.3 is 0 Å². The van der Waals surface area contributed by atoms with E-state index in [4.69, 9.17) is 0 Å². The Bertz CT molecular complexity index is 557. The number of carbonyl (C=O) groups is 2. The minimum absolute atomic E-state index is 0.0380. The van der Waals surface area contributed by atoms with Gasteiger partial charge in [-0.25, -0.2) is 0 Å². The van der Waals surface area contributed by atoms with Crippen LogP contribution in [0.5, 0.6) is 0 Å². The maximum Gasteiger partial charge on any atom is 0.224 e. The quantitative estimate of drug-likeness (QED) is 0.752. The van der Waals surface area contributed by atoms with E-state index in [2.05, 4.69) is 29.5 Å². The number of benzene rings is 1. The molecule has 5 nitrogen and oxygen atoms in total. The first kappa shape index (κ1) is 19.4. The Morgan fingerprint density at radius 1 is 1.08 bits per heavy atom. The van der Waals surface area contributed by atoms with E-state index in [9.17, 15) is 9.59 Å². The molecule has 1 aliphatic rings. The predicted octanol–water partition coefficient (Wildman–Crippen LogP) is 3.88. The molecule has 0 aliphatic carbocycles. The number of hydrogen-bond acceptors (Lipinski definition) is 3. The molecule has 0 aromatic heterocycles. The Hall–Kier alpha value is -1.88. The molecule has 1 aromatic carbocycles.